The standard InChI is InChI=1S/C29H40N4O3.ClH/c1-6-31(7-2)20-21-32(22(4)5)19-18-30-27-24-16-12-13-17-25(24)33(23-14-10-9-11-15-23)28(34)26(27)29(35)36-8-3;/h9-17,22,30H,6-8,18-21H2,1-5H3;1H. The van der Waals surface area contributed by atoms with Crippen molar-refractivity contribution in [2.24, 2.45) is 0 Å². The van der Waals surface area contributed by atoms with Crippen molar-refractivity contribution >= 4 is 35.0 Å². The number of rotatable bonds is 13. The predicted octanol–water partition coefficient (Wildman–Crippen LogP) is 5.05. The molecule has 0 aliphatic carbocycles. The van der Waals surface area contributed by atoms with Gasteiger partial charge >= 0.3 is 5.97 Å². The molecular formula is C29H41ClN4O3. The summed E-state index contributed by atoms with van der Waals surface area (Å²) in [5.74, 6) is -0.609. The van der Waals surface area contributed by atoms with Crippen LogP contribution in [0.4, 0.5) is 5.69 Å². The van der Waals surface area contributed by atoms with E-state index in [0.29, 0.717) is 24.0 Å². The average molecular weight is 529 g/mol. The fourth-order valence-electron chi connectivity index (χ4n) is 4.51. The minimum absolute atomic E-state index is 0. The van der Waals surface area contributed by atoms with Crippen LogP contribution in [0, 0.1) is 0 Å². The molecule has 0 atom stereocenters. The highest BCUT2D eigenvalue weighted by molar-refractivity contribution is 6.05. The van der Waals surface area contributed by atoms with Crippen LogP contribution in [0.3, 0.4) is 0 Å². The second kappa shape index (κ2) is 14.8. The van der Waals surface area contributed by atoms with Gasteiger partial charge in [0.25, 0.3) is 5.56 Å². The monoisotopic (exact) mass is 528 g/mol. The summed E-state index contributed by atoms with van der Waals surface area (Å²) in [6.07, 6.45) is 0. The largest absolute Gasteiger partial charge is 0.462 e. The maximum absolute atomic E-state index is 13.8. The predicted molar refractivity (Wildman–Crippen MR) is 156 cm³/mol. The van der Waals surface area contributed by atoms with E-state index < -0.39 is 5.97 Å². The molecule has 37 heavy (non-hydrogen) atoms. The highest BCUT2D eigenvalue weighted by Crippen LogP contribution is 2.27. The van der Waals surface area contributed by atoms with Gasteiger partial charge in [-0.2, -0.15) is 0 Å². The number of benzene rings is 2. The molecule has 0 fully saturated rings. The summed E-state index contributed by atoms with van der Waals surface area (Å²) in [6.45, 7) is 16.1. The molecular weight excluding hydrogens is 488 g/mol. The number of ether oxygens (including phenoxy) is 1. The first-order chi connectivity index (χ1) is 17.4. The van der Waals surface area contributed by atoms with Crippen molar-refractivity contribution in [3.8, 4) is 5.69 Å². The Morgan fingerprint density at radius 2 is 1.59 bits per heavy atom. The highest BCUT2D eigenvalue weighted by atomic mass is 35.5. The van der Waals surface area contributed by atoms with Crippen molar-refractivity contribution in [1.29, 1.82) is 0 Å². The van der Waals surface area contributed by atoms with E-state index in [2.05, 4.69) is 42.8 Å². The van der Waals surface area contributed by atoms with Crippen LogP contribution < -0.4 is 10.9 Å². The zero-order chi connectivity index (χ0) is 26.1. The number of hydrogen-bond donors (Lipinski definition) is 1. The topological polar surface area (TPSA) is 66.8 Å². The van der Waals surface area contributed by atoms with Crippen LogP contribution in [0.25, 0.3) is 16.6 Å². The van der Waals surface area contributed by atoms with Crippen LogP contribution in [-0.4, -0.2) is 72.3 Å². The first kappa shape index (κ1) is 30.4. The van der Waals surface area contributed by atoms with Crippen molar-refractivity contribution in [2.75, 3.05) is 51.2 Å². The number of carbonyl (C=O) groups is 1. The van der Waals surface area contributed by atoms with Gasteiger partial charge < -0.3 is 15.0 Å². The maximum Gasteiger partial charge on any atom is 0.345 e. The van der Waals surface area contributed by atoms with Crippen molar-refractivity contribution in [2.45, 2.75) is 40.7 Å². The van der Waals surface area contributed by atoms with Crippen molar-refractivity contribution in [1.82, 2.24) is 14.4 Å². The first-order valence-corrected chi connectivity index (χ1v) is 13.0. The lowest BCUT2D eigenvalue weighted by Gasteiger charge is -2.29. The zero-order valence-electron chi connectivity index (χ0n) is 22.7. The summed E-state index contributed by atoms with van der Waals surface area (Å²) in [4.78, 5) is 31.7. The lowest BCUT2D eigenvalue weighted by molar-refractivity contribution is 0.0525. The number of anilines is 1. The number of nitrogens with one attached hydrogen (secondary N) is 1. The van der Waals surface area contributed by atoms with E-state index in [1.165, 1.54) is 0 Å². The molecule has 1 N–H and O–H groups in total. The minimum atomic E-state index is -0.609. The normalized spacial score (nSPS) is 11.2. The van der Waals surface area contributed by atoms with Gasteiger partial charge in [-0.25, -0.2) is 4.79 Å². The van der Waals surface area contributed by atoms with Crippen molar-refractivity contribution < 1.29 is 9.53 Å². The number of carbonyl (C=O) groups excluding carboxylic acids is 1. The van der Waals surface area contributed by atoms with E-state index in [0.717, 1.165) is 43.6 Å². The molecule has 0 unspecified atom stereocenters. The fourth-order valence-corrected chi connectivity index (χ4v) is 4.51. The number of para-hydroxylation sites is 2. The third-order valence-electron chi connectivity index (χ3n) is 6.60. The van der Waals surface area contributed by atoms with E-state index in [9.17, 15) is 9.59 Å². The molecule has 8 heteroatoms. The summed E-state index contributed by atoms with van der Waals surface area (Å²) < 4.78 is 6.93. The highest BCUT2D eigenvalue weighted by Gasteiger charge is 2.24. The molecule has 0 spiro atoms. The number of fused-ring (bicyclic) bond motifs is 1. The van der Waals surface area contributed by atoms with Crippen molar-refractivity contribution in [3.63, 3.8) is 0 Å². The van der Waals surface area contributed by atoms with Crippen LogP contribution in [0.15, 0.2) is 59.4 Å². The second-order valence-corrected chi connectivity index (χ2v) is 9.05. The number of halogens is 1. The van der Waals surface area contributed by atoms with E-state index in [1.54, 1.807) is 11.5 Å². The van der Waals surface area contributed by atoms with Gasteiger partial charge in [0, 0.05) is 43.3 Å². The van der Waals surface area contributed by atoms with Crippen molar-refractivity contribution in [3.05, 3.63) is 70.5 Å². The zero-order valence-corrected chi connectivity index (χ0v) is 23.5. The Bertz CT molecular complexity index is 1190. The minimum Gasteiger partial charge on any atom is -0.462 e. The van der Waals surface area contributed by atoms with Gasteiger partial charge in [-0.1, -0.05) is 50.2 Å². The number of pyridine rings is 1. The molecule has 0 bridgehead atoms. The molecule has 3 aromatic rings. The number of likely N-dealkylation sites (N-methyl/N-ethyl adjacent to an activating group) is 1. The van der Waals surface area contributed by atoms with Gasteiger partial charge in [-0.15, -0.1) is 12.4 Å². The van der Waals surface area contributed by atoms with E-state index in [4.69, 9.17) is 4.74 Å². The number of aromatic nitrogens is 1. The molecule has 0 aliphatic rings. The van der Waals surface area contributed by atoms with Crippen LogP contribution in [-0.2, 0) is 4.74 Å². The number of esters is 1. The summed E-state index contributed by atoms with van der Waals surface area (Å²) >= 11 is 0. The van der Waals surface area contributed by atoms with Gasteiger partial charge in [0.1, 0.15) is 5.56 Å². The Balaban J connectivity index is 0.00000481. The average Bonchev–Trinajstić information content (AvgIpc) is 2.88. The van der Waals surface area contributed by atoms with E-state index >= 15 is 0 Å². The van der Waals surface area contributed by atoms with Gasteiger partial charge in [-0.3, -0.25) is 14.3 Å². The lowest BCUT2D eigenvalue weighted by Crippen LogP contribution is -2.41. The Hall–Kier alpha value is -2.87. The Morgan fingerprint density at radius 1 is 0.946 bits per heavy atom. The van der Waals surface area contributed by atoms with Crippen LogP contribution in [0.2, 0.25) is 0 Å². The molecule has 2 aromatic carbocycles. The summed E-state index contributed by atoms with van der Waals surface area (Å²) in [5, 5.41) is 4.26. The quantitative estimate of drug-likeness (QED) is 0.313. The molecule has 7 nitrogen and oxygen atoms in total. The maximum atomic E-state index is 13.8. The van der Waals surface area contributed by atoms with Crippen LogP contribution >= 0.6 is 12.4 Å². The SMILES string of the molecule is CCOC(=O)c1c(NCCN(CCN(CC)CC)C(C)C)c2ccccc2n(-c2ccccc2)c1=O.Cl. The molecule has 0 amide bonds. The summed E-state index contributed by atoms with van der Waals surface area (Å²) in [7, 11) is 0. The molecule has 3 rings (SSSR count). The molecule has 0 radical (unpaired) electrons. The Kier molecular flexibility index (Phi) is 12.1. The Labute approximate surface area is 226 Å². The number of nitrogens with zero attached hydrogens (tertiary/aromatic N) is 3. The van der Waals surface area contributed by atoms with Gasteiger partial charge in [0.05, 0.1) is 17.8 Å². The van der Waals surface area contributed by atoms with Gasteiger partial charge in [0.2, 0.25) is 0 Å². The molecule has 0 aliphatic heterocycles. The third kappa shape index (κ3) is 7.34. The first-order valence-electron chi connectivity index (χ1n) is 13.0. The van der Waals surface area contributed by atoms with Gasteiger partial charge in [-0.05, 0) is 52.1 Å². The third-order valence-corrected chi connectivity index (χ3v) is 6.60. The van der Waals surface area contributed by atoms with E-state index in [-0.39, 0.29) is 30.1 Å². The molecule has 0 saturated carbocycles. The summed E-state index contributed by atoms with van der Waals surface area (Å²) in [6, 6.07) is 17.5. The second-order valence-electron chi connectivity index (χ2n) is 9.05. The fraction of sp³-hybridized carbons (Fsp3) is 0.448. The number of hydrogen-bond acceptors (Lipinski definition) is 6. The summed E-state index contributed by atoms with van der Waals surface area (Å²) in [5.41, 5.74) is 1.64. The lowest BCUT2D eigenvalue weighted by atomic mass is 10.1. The van der Waals surface area contributed by atoms with E-state index in [1.807, 2.05) is 54.6 Å². The molecule has 1 heterocycles. The Morgan fingerprint density at radius 3 is 2.22 bits per heavy atom. The molecule has 202 valence electrons. The van der Waals surface area contributed by atoms with Gasteiger partial charge in [0.15, 0.2) is 0 Å². The van der Waals surface area contributed by atoms with Crippen LogP contribution in [0.1, 0.15) is 45.0 Å². The molecule has 1 aromatic heterocycles. The smallest absolute Gasteiger partial charge is 0.345 e. The van der Waals surface area contributed by atoms with Crippen LogP contribution in [0.5, 0.6) is 0 Å². The molecule has 0 saturated heterocycles.